The van der Waals surface area contributed by atoms with Crippen molar-refractivity contribution < 1.29 is 0 Å². The summed E-state index contributed by atoms with van der Waals surface area (Å²) in [5.41, 5.74) is 0. The zero-order chi connectivity index (χ0) is 8.27. The summed E-state index contributed by atoms with van der Waals surface area (Å²) in [6, 6.07) is 2.20. The molecule has 11 heavy (non-hydrogen) atoms. The number of likely N-dealkylation sites (N-methyl/N-ethyl adjacent to an activating group) is 1. The molecule has 0 N–H and O–H groups in total. The second kappa shape index (κ2) is 3.38. The first-order valence-corrected chi connectivity index (χ1v) is 3.98. The van der Waals surface area contributed by atoms with Crippen molar-refractivity contribution in [3.05, 3.63) is 0 Å². The standard InChI is InChI=1S/C8H13N3/c1-3-11-5-4-10-8(11)7(2)6-9/h7H,3-5H2,1-2H3. The largest absolute Gasteiger partial charge is 0.358 e. The van der Waals surface area contributed by atoms with Crippen LogP contribution in [0.25, 0.3) is 0 Å². The van der Waals surface area contributed by atoms with Crippen LogP contribution >= 0.6 is 0 Å². The van der Waals surface area contributed by atoms with Gasteiger partial charge in [0.1, 0.15) is 11.8 Å². The van der Waals surface area contributed by atoms with Crippen LogP contribution in [0.3, 0.4) is 0 Å². The summed E-state index contributed by atoms with van der Waals surface area (Å²) in [5.74, 6) is 0.924. The predicted octanol–water partition coefficient (Wildman–Crippen LogP) is 0.880. The van der Waals surface area contributed by atoms with Crippen molar-refractivity contribution in [2.45, 2.75) is 13.8 Å². The summed E-state index contributed by atoms with van der Waals surface area (Å²) in [6.07, 6.45) is 0. The highest BCUT2D eigenvalue weighted by Crippen LogP contribution is 2.08. The normalized spacial score (nSPS) is 19.4. The molecular weight excluding hydrogens is 138 g/mol. The smallest absolute Gasteiger partial charge is 0.116 e. The van der Waals surface area contributed by atoms with Crippen molar-refractivity contribution in [3.63, 3.8) is 0 Å². The lowest BCUT2D eigenvalue weighted by molar-refractivity contribution is 0.468. The summed E-state index contributed by atoms with van der Waals surface area (Å²) in [6.45, 7) is 6.79. The highest BCUT2D eigenvalue weighted by Gasteiger charge is 2.19. The van der Waals surface area contributed by atoms with E-state index in [0.29, 0.717) is 0 Å². The Balaban J connectivity index is 2.64. The molecular formula is C8H13N3. The maximum atomic E-state index is 8.65. The molecule has 0 saturated carbocycles. The van der Waals surface area contributed by atoms with E-state index in [2.05, 4.69) is 22.9 Å². The van der Waals surface area contributed by atoms with Gasteiger partial charge in [0, 0.05) is 13.1 Å². The van der Waals surface area contributed by atoms with E-state index in [9.17, 15) is 0 Å². The van der Waals surface area contributed by atoms with Gasteiger partial charge in [0.25, 0.3) is 0 Å². The Hall–Kier alpha value is -1.04. The lowest BCUT2D eigenvalue weighted by atomic mass is 10.2. The van der Waals surface area contributed by atoms with E-state index >= 15 is 0 Å². The number of aliphatic imine (C=N–C) groups is 1. The highest BCUT2D eigenvalue weighted by molar-refractivity contribution is 5.87. The molecule has 0 aromatic carbocycles. The molecule has 3 heteroatoms. The van der Waals surface area contributed by atoms with Crippen LogP contribution in [-0.4, -0.2) is 30.4 Å². The van der Waals surface area contributed by atoms with Gasteiger partial charge < -0.3 is 4.90 Å². The van der Waals surface area contributed by atoms with E-state index in [-0.39, 0.29) is 5.92 Å². The fraction of sp³-hybridized carbons (Fsp3) is 0.750. The first-order chi connectivity index (χ1) is 5.29. The van der Waals surface area contributed by atoms with Gasteiger partial charge in [0.2, 0.25) is 0 Å². The molecule has 1 heterocycles. The average Bonchev–Trinajstić information content (AvgIpc) is 2.50. The van der Waals surface area contributed by atoms with Crippen LogP contribution in [0.2, 0.25) is 0 Å². The molecule has 0 bridgehead atoms. The fourth-order valence-corrected chi connectivity index (χ4v) is 1.29. The molecule has 1 aliphatic rings. The number of nitriles is 1. The van der Waals surface area contributed by atoms with Crippen LogP contribution in [0.5, 0.6) is 0 Å². The third-order valence-electron chi connectivity index (χ3n) is 1.93. The molecule has 1 atom stereocenters. The van der Waals surface area contributed by atoms with Crippen molar-refractivity contribution in [2.24, 2.45) is 10.9 Å². The molecule has 60 valence electrons. The van der Waals surface area contributed by atoms with Crippen LogP contribution in [0.1, 0.15) is 13.8 Å². The third-order valence-corrected chi connectivity index (χ3v) is 1.93. The molecule has 1 unspecified atom stereocenters. The van der Waals surface area contributed by atoms with E-state index in [0.717, 1.165) is 25.5 Å². The van der Waals surface area contributed by atoms with Gasteiger partial charge in [-0.05, 0) is 13.8 Å². The quantitative estimate of drug-likeness (QED) is 0.587. The van der Waals surface area contributed by atoms with Crippen LogP contribution in [-0.2, 0) is 0 Å². The second-order valence-corrected chi connectivity index (χ2v) is 2.67. The number of nitrogens with zero attached hydrogens (tertiary/aromatic N) is 3. The van der Waals surface area contributed by atoms with E-state index < -0.39 is 0 Å². The van der Waals surface area contributed by atoms with Crippen LogP contribution < -0.4 is 0 Å². The molecule has 1 aliphatic heterocycles. The highest BCUT2D eigenvalue weighted by atomic mass is 15.2. The zero-order valence-corrected chi connectivity index (χ0v) is 7.04. The molecule has 0 fully saturated rings. The minimum Gasteiger partial charge on any atom is -0.358 e. The van der Waals surface area contributed by atoms with Crippen molar-refractivity contribution in [1.29, 1.82) is 5.26 Å². The average molecular weight is 151 g/mol. The summed E-state index contributed by atoms with van der Waals surface area (Å²) >= 11 is 0. The number of hydrogen-bond acceptors (Lipinski definition) is 3. The minimum atomic E-state index is -0.0440. The number of amidine groups is 1. The van der Waals surface area contributed by atoms with Gasteiger partial charge in [-0.2, -0.15) is 5.26 Å². The van der Waals surface area contributed by atoms with Crippen molar-refractivity contribution in [1.82, 2.24) is 4.90 Å². The van der Waals surface area contributed by atoms with Gasteiger partial charge in [0.05, 0.1) is 12.6 Å². The Morgan fingerprint density at radius 1 is 1.82 bits per heavy atom. The topological polar surface area (TPSA) is 39.4 Å². The van der Waals surface area contributed by atoms with Crippen LogP contribution in [0.4, 0.5) is 0 Å². The number of rotatable bonds is 2. The maximum absolute atomic E-state index is 8.65. The zero-order valence-electron chi connectivity index (χ0n) is 7.04. The molecule has 0 aromatic rings. The van der Waals surface area contributed by atoms with E-state index in [1.165, 1.54) is 0 Å². The monoisotopic (exact) mass is 151 g/mol. The van der Waals surface area contributed by atoms with Gasteiger partial charge in [-0.25, -0.2) is 0 Å². The van der Waals surface area contributed by atoms with Crippen LogP contribution in [0, 0.1) is 17.2 Å². The van der Waals surface area contributed by atoms with Gasteiger partial charge in [-0.1, -0.05) is 0 Å². The van der Waals surface area contributed by atoms with Crippen molar-refractivity contribution in [3.8, 4) is 6.07 Å². The SMILES string of the molecule is CCN1CCN=C1C(C)C#N. The summed E-state index contributed by atoms with van der Waals surface area (Å²) < 4.78 is 0. The molecule has 0 spiro atoms. The molecule has 3 nitrogen and oxygen atoms in total. The van der Waals surface area contributed by atoms with Crippen molar-refractivity contribution >= 4 is 5.84 Å². The Kier molecular flexibility index (Phi) is 2.48. The first-order valence-electron chi connectivity index (χ1n) is 3.98. The van der Waals surface area contributed by atoms with Gasteiger partial charge in [-0.3, -0.25) is 4.99 Å². The Labute approximate surface area is 67.3 Å². The predicted molar refractivity (Wildman–Crippen MR) is 44.3 cm³/mol. The first kappa shape index (κ1) is 8.06. The van der Waals surface area contributed by atoms with E-state index in [1.807, 2.05) is 6.92 Å². The summed E-state index contributed by atoms with van der Waals surface area (Å²) in [5, 5.41) is 8.65. The molecule has 0 aromatic heterocycles. The lowest BCUT2D eigenvalue weighted by Gasteiger charge is -2.18. The third kappa shape index (κ3) is 1.51. The number of hydrogen-bond donors (Lipinski definition) is 0. The van der Waals surface area contributed by atoms with Crippen LogP contribution in [0.15, 0.2) is 4.99 Å². The molecule has 1 rings (SSSR count). The second-order valence-electron chi connectivity index (χ2n) is 2.67. The minimum absolute atomic E-state index is 0.0440. The van der Waals surface area contributed by atoms with Crippen molar-refractivity contribution in [2.75, 3.05) is 19.6 Å². The van der Waals surface area contributed by atoms with Gasteiger partial charge >= 0.3 is 0 Å². The Morgan fingerprint density at radius 2 is 2.55 bits per heavy atom. The van der Waals surface area contributed by atoms with E-state index in [1.54, 1.807) is 0 Å². The summed E-state index contributed by atoms with van der Waals surface area (Å²) in [4.78, 5) is 6.44. The van der Waals surface area contributed by atoms with E-state index in [4.69, 9.17) is 5.26 Å². The Bertz CT molecular complexity index is 202. The maximum Gasteiger partial charge on any atom is 0.116 e. The lowest BCUT2D eigenvalue weighted by Crippen LogP contribution is -2.31. The Morgan fingerprint density at radius 3 is 3.09 bits per heavy atom. The molecule has 0 radical (unpaired) electrons. The molecule has 0 amide bonds. The molecule has 0 aliphatic carbocycles. The molecule has 0 saturated heterocycles. The summed E-state index contributed by atoms with van der Waals surface area (Å²) in [7, 11) is 0. The van der Waals surface area contributed by atoms with Gasteiger partial charge in [-0.15, -0.1) is 0 Å². The van der Waals surface area contributed by atoms with Gasteiger partial charge in [0.15, 0.2) is 0 Å². The fourth-order valence-electron chi connectivity index (χ4n) is 1.29.